The van der Waals surface area contributed by atoms with E-state index in [1.54, 1.807) is 35.8 Å². The van der Waals surface area contributed by atoms with E-state index in [1.165, 1.54) is 26.4 Å². The molecule has 0 unspecified atom stereocenters. The molecule has 0 amide bonds. The summed E-state index contributed by atoms with van der Waals surface area (Å²) in [5.74, 6) is 0. The fourth-order valence-corrected chi connectivity index (χ4v) is 2.75. The van der Waals surface area contributed by atoms with Crippen LogP contribution in [0.15, 0.2) is 51.5 Å². The van der Waals surface area contributed by atoms with E-state index in [4.69, 9.17) is 11.6 Å². The van der Waals surface area contributed by atoms with Gasteiger partial charge in [-0.25, -0.2) is 4.79 Å². The molecule has 3 rings (SSSR count). The molecule has 19 heavy (non-hydrogen) atoms. The predicted molar refractivity (Wildman–Crippen MR) is 76.4 cm³/mol. The Morgan fingerprint density at radius 2 is 1.89 bits per heavy atom. The molecule has 0 aliphatic heterocycles. The second-order valence-electron chi connectivity index (χ2n) is 4.09. The topological polar surface area (TPSA) is 43.5 Å². The third kappa shape index (κ3) is 2.22. The Labute approximate surface area is 117 Å². The third-order valence-electron chi connectivity index (χ3n) is 2.84. The summed E-state index contributed by atoms with van der Waals surface area (Å²) in [6.45, 7) is 0.244. The Balaban J connectivity index is 2.12. The molecule has 1 aromatic carbocycles. The lowest BCUT2D eigenvalue weighted by Crippen LogP contribution is -2.36. The second kappa shape index (κ2) is 4.68. The van der Waals surface area contributed by atoms with Gasteiger partial charge in [0.1, 0.15) is 4.83 Å². The average molecular weight is 293 g/mol. The summed E-state index contributed by atoms with van der Waals surface area (Å²) in [5.41, 5.74) is 0.250. The molecule has 96 valence electrons. The van der Waals surface area contributed by atoms with Crippen LogP contribution in [0.2, 0.25) is 5.02 Å². The molecule has 0 fully saturated rings. The molecule has 0 aliphatic rings. The number of benzene rings is 1. The summed E-state index contributed by atoms with van der Waals surface area (Å²) in [7, 11) is 0. The van der Waals surface area contributed by atoms with E-state index in [9.17, 15) is 9.59 Å². The molecule has 6 heteroatoms. The van der Waals surface area contributed by atoms with Crippen LogP contribution >= 0.6 is 22.9 Å². The van der Waals surface area contributed by atoms with E-state index in [1.807, 2.05) is 0 Å². The Hall–Kier alpha value is -1.85. The molecular weight excluding hydrogens is 284 g/mol. The Bertz CT molecular complexity index is 845. The molecule has 0 bridgehead atoms. The maximum Gasteiger partial charge on any atom is 0.336 e. The second-order valence-corrected chi connectivity index (χ2v) is 5.45. The maximum atomic E-state index is 12.2. The monoisotopic (exact) mass is 292 g/mol. The van der Waals surface area contributed by atoms with Crippen LogP contribution in [0.5, 0.6) is 0 Å². The molecule has 2 aromatic heterocycles. The minimum absolute atomic E-state index is 0.244. The van der Waals surface area contributed by atoms with Gasteiger partial charge in [0.15, 0.2) is 0 Å². The van der Waals surface area contributed by atoms with Crippen LogP contribution in [0.4, 0.5) is 0 Å². The van der Waals surface area contributed by atoms with Gasteiger partial charge in [0.05, 0.1) is 6.54 Å². The third-order valence-corrected chi connectivity index (χ3v) is 3.91. The van der Waals surface area contributed by atoms with Crippen molar-refractivity contribution in [1.29, 1.82) is 0 Å². The van der Waals surface area contributed by atoms with Crippen molar-refractivity contribution in [2.75, 3.05) is 0 Å². The van der Waals surface area contributed by atoms with Crippen LogP contribution in [-0.4, -0.2) is 8.97 Å². The lowest BCUT2D eigenvalue weighted by Gasteiger charge is -2.05. The molecule has 0 atom stereocenters. The molecule has 0 N–H and O–H groups in total. The lowest BCUT2D eigenvalue weighted by atomic mass is 10.2. The fraction of sp³-hybridized carbons (Fsp3) is 0.0769. The van der Waals surface area contributed by atoms with Gasteiger partial charge in [-0.3, -0.25) is 13.8 Å². The van der Waals surface area contributed by atoms with Crippen molar-refractivity contribution in [1.82, 2.24) is 8.97 Å². The van der Waals surface area contributed by atoms with Gasteiger partial charge in [-0.1, -0.05) is 23.7 Å². The highest BCUT2D eigenvalue weighted by atomic mass is 35.5. The molecule has 0 aliphatic carbocycles. The summed E-state index contributed by atoms with van der Waals surface area (Å²) in [5, 5.41) is 2.41. The molecule has 0 spiro atoms. The number of nitrogens with zero attached hydrogens (tertiary/aromatic N) is 2. The van der Waals surface area contributed by atoms with Gasteiger partial charge in [-0.15, -0.1) is 11.3 Å². The minimum Gasteiger partial charge on any atom is -0.269 e. The zero-order valence-corrected chi connectivity index (χ0v) is 11.3. The van der Waals surface area contributed by atoms with Gasteiger partial charge in [0.2, 0.25) is 0 Å². The first-order valence-electron chi connectivity index (χ1n) is 5.59. The number of hydrogen-bond donors (Lipinski definition) is 0. The smallest absolute Gasteiger partial charge is 0.269 e. The predicted octanol–water partition coefficient (Wildman–Crippen LogP) is 2.22. The van der Waals surface area contributed by atoms with E-state index >= 15 is 0 Å². The van der Waals surface area contributed by atoms with E-state index < -0.39 is 0 Å². The molecule has 2 heterocycles. The maximum absolute atomic E-state index is 12.2. The summed E-state index contributed by atoms with van der Waals surface area (Å²) >= 11 is 7.17. The highest BCUT2D eigenvalue weighted by molar-refractivity contribution is 7.15. The SMILES string of the molecule is O=c1cc2sccn2c(=O)n1Cc1ccc(Cl)cc1. The minimum atomic E-state index is -0.321. The molecular formula is C13H9ClN2O2S. The number of hydrogen-bond acceptors (Lipinski definition) is 3. The van der Waals surface area contributed by atoms with Crippen LogP contribution in [-0.2, 0) is 6.54 Å². The van der Waals surface area contributed by atoms with E-state index in [-0.39, 0.29) is 17.8 Å². The summed E-state index contributed by atoms with van der Waals surface area (Å²) in [4.78, 5) is 24.8. The van der Waals surface area contributed by atoms with Crippen molar-refractivity contribution in [3.05, 3.63) is 73.3 Å². The summed E-state index contributed by atoms with van der Waals surface area (Å²) < 4.78 is 2.69. The quantitative estimate of drug-likeness (QED) is 0.727. The van der Waals surface area contributed by atoms with Crippen LogP contribution in [0.25, 0.3) is 4.83 Å². The van der Waals surface area contributed by atoms with Crippen molar-refractivity contribution in [3.63, 3.8) is 0 Å². The van der Waals surface area contributed by atoms with Gasteiger partial charge in [-0.2, -0.15) is 0 Å². The highest BCUT2D eigenvalue weighted by Crippen LogP contribution is 2.10. The average Bonchev–Trinajstić information content (AvgIpc) is 2.85. The molecule has 3 aromatic rings. The van der Waals surface area contributed by atoms with Gasteiger partial charge in [-0.05, 0) is 17.7 Å². The Morgan fingerprint density at radius 3 is 2.63 bits per heavy atom. The summed E-state index contributed by atoms with van der Waals surface area (Å²) in [6, 6.07) is 8.56. The number of halogens is 1. The van der Waals surface area contributed by atoms with Crippen molar-refractivity contribution in [2.24, 2.45) is 0 Å². The molecule has 0 saturated heterocycles. The number of aromatic nitrogens is 2. The first-order chi connectivity index (χ1) is 9.15. The van der Waals surface area contributed by atoms with E-state index in [2.05, 4.69) is 0 Å². The molecule has 4 nitrogen and oxygen atoms in total. The lowest BCUT2D eigenvalue weighted by molar-refractivity contribution is 0.690. The molecule has 0 saturated carbocycles. The zero-order chi connectivity index (χ0) is 13.4. The zero-order valence-electron chi connectivity index (χ0n) is 9.75. The molecule has 0 radical (unpaired) electrons. The number of fused-ring (bicyclic) bond motifs is 1. The number of thiazole rings is 1. The van der Waals surface area contributed by atoms with Crippen molar-refractivity contribution in [2.45, 2.75) is 6.54 Å². The van der Waals surface area contributed by atoms with Gasteiger partial charge in [0, 0.05) is 22.7 Å². The van der Waals surface area contributed by atoms with Crippen LogP contribution in [0.3, 0.4) is 0 Å². The standard InChI is InChI=1S/C13H9ClN2O2S/c14-10-3-1-9(2-4-10)8-16-11(17)7-12-15(13(16)18)5-6-19-12/h1-7H,8H2. The summed E-state index contributed by atoms with van der Waals surface area (Å²) in [6.07, 6.45) is 1.67. The van der Waals surface area contributed by atoms with Crippen molar-refractivity contribution < 1.29 is 0 Å². The van der Waals surface area contributed by atoms with Gasteiger partial charge < -0.3 is 0 Å². The van der Waals surface area contributed by atoms with Gasteiger partial charge in [0.25, 0.3) is 5.56 Å². The Morgan fingerprint density at radius 1 is 1.16 bits per heavy atom. The van der Waals surface area contributed by atoms with Gasteiger partial charge >= 0.3 is 5.69 Å². The van der Waals surface area contributed by atoms with Crippen molar-refractivity contribution in [3.8, 4) is 0 Å². The van der Waals surface area contributed by atoms with Crippen molar-refractivity contribution >= 4 is 27.8 Å². The van der Waals surface area contributed by atoms with Crippen LogP contribution < -0.4 is 11.2 Å². The normalized spacial score (nSPS) is 11.0. The van der Waals surface area contributed by atoms with Crippen LogP contribution in [0.1, 0.15) is 5.56 Å². The number of rotatable bonds is 2. The largest absolute Gasteiger partial charge is 0.336 e. The Kier molecular flexibility index (Phi) is 3.00. The first kappa shape index (κ1) is 12.2. The van der Waals surface area contributed by atoms with E-state index in [0.29, 0.717) is 9.85 Å². The fourth-order valence-electron chi connectivity index (χ4n) is 1.88. The van der Waals surface area contributed by atoms with E-state index in [0.717, 1.165) is 5.56 Å². The highest BCUT2D eigenvalue weighted by Gasteiger charge is 2.07. The van der Waals surface area contributed by atoms with Crippen LogP contribution in [0, 0.1) is 0 Å². The first-order valence-corrected chi connectivity index (χ1v) is 6.85.